The number of aromatic nitrogens is 2. The maximum atomic E-state index is 5.18. The molecular weight excluding hydrogens is 228 g/mol. The Labute approximate surface area is 106 Å². The molecule has 0 aliphatic carbocycles. The maximum Gasteiger partial charge on any atom is 0.136 e. The first-order valence-corrected chi connectivity index (χ1v) is 5.66. The van der Waals surface area contributed by atoms with Crippen molar-refractivity contribution >= 4 is 17.3 Å². The normalized spacial score (nSPS) is 9.94. The average molecular weight is 244 g/mol. The molecule has 0 bridgehead atoms. The number of anilines is 3. The van der Waals surface area contributed by atoms with Crippen molar-refractivity contribution in [3.63, 3.8) is 0 Å². The van der Waals surface area contributed by atoms with Crippen LogP contribution in [0.2, 0.25) is 0 Å². The van der Waals surface area contributed by atoms with Crippen molar-refractivity contribution in [1.29, 1.82) is 0 Å². The van der Waals surface area contributed by atoms with E-state index in [9.17, 15) is 0 Å². The highest BCUT2D eigenvalue weighted by Crippen LogP contribution is 2.21. The summed E-state index contributed by atoms with van der Waals surface area (Å²) in [7, 11) is 3.48. The zero-order chi connectivity index (χ0) is 13.0. The van der Waals surface area contributed by atoms with E-state index in [-0.39, 0.29) is 0 Å². The summed E-state index contributed by atoms with van der Waals surface area (Å²) < 4.78 is 5.18. The second-order valence-electron chi connectivity index (χ2n) is 3.79. The maximum absolute atomic E-state index is 5.18. The molecule has 1 aromatic carbocycles. The Hall–Kier alpha value is -2.30. The van der Waals surface area contributed by atoms with Crippen LogP contribution in [-0.2, 0) is 0 Å². The van der Waals surface area contributed by atoms with Gasteiger partial charge in [-0.15, -0.1) is 0 Å². The predicted octanol–water partition coefficient (Wildman–Crippen LogP) is 2.58. The Bertz CT molecular complexity index is 542. The predicted molar refractivity (Wildman–Crippen MR) is 72.6 cm³/mol. The Balaban J connectivity index is 2.24. The highest BCUT2D eigenvalue weighted by molar-refractivity contribution is 5.60. The van der Waals surface area contributed by atoms with E-state index in [0.717, 1.165) is 23.1 Å². The molecule has 18 heavy (non-hydrogen) atoms. The van der Waals surface area contributed by atoms with Crippen molar-refractivity contribution in [2.75, 3.05) is 24.8 Å². The molecule has 0 saturated carbocycles. The van der Waals surface area contributed by atoms with Crippen LogP contribution in [0.4, 0.5) is 17.3 Å². The molecule has 94 valence electrons. The lowest BCUT2D eigenvalue weighted by Gasteiger charge is -2.09. The summed E-state index contributed by atoms with van der Waals surface area (Å²) in [6.07, 6.45) is 0. The monoisotopic (exact) mass is 244 g/mol. The topological polar surface area (TPSA) is 59.1 Å². The molecule has 2 aromatic rings. The zero-order valence-electron chi connectivity index (χ0n) is 10.7. The van der Waals surface area contributed by atoms with Crippen LogP contribution in [0.15, 0.2) is 30.3 Å². The van der Waals surface area contributed by atoms with E-state index in [4.69, 9.17) is 4.74 Å². The number of methoxy groups -OCH3 is 1. The Kier molecular flexibility index (Phi) is 3.62. The third-order valence-electron chi connectivity index (χ3n) is 2.44. The molecule has 0 atom stereocenters. The Morgan fingerprint density at radius 1 is 1.11 bits per heavy atom. The van der Waals surface area contributed by atoms with Gasteiger partial charge in [-0.05, 0) is 19.1 Å². The highest BCUT2D eigenvalue weighted by atomic mass is 16.5. The van der Waals surface area contributed by atoms with E-state index in [1.54, 1.807) is 7.11 Å². The Morgan fingerprint density at radius 3 is 2.61 bits per heavy atom. The van der Waals surface area contributed by atoms with Crippen molar-refractivity contribution in [2.45, 2.75) is 6.92 Å². The fourth-order valence-corrected chi connectivity index (χ4v) is 1.61. The van der Waals surface area contributed by atoms with Gasteiger partial charge in [-0.1, -0.05) is 6.07 Å². The highest BCUT2D eigenvalue weighted by Gasteiger charge is 2.02. The minimum absolute atomic E-state index is 0.715. The first-order valence-electron chi connectivity index (χ1n) is 5.66. The minimum Gasteiger partial charge on any atom is -0.497 e. The number of rotatable bonds is 4. The van der Waals surface area contributed by atoms with Crippen molar-refractivity contribution in [2.24, 2.45) is 0 Å². The zero-order valence-corrected chi connectivity index (χ0v) is 10.7. The summed E-state index contributed by atoms with van der Waals surface area (Å²) in [4.78, 5) is 8.57. The van der Waals surface area contributed by atoms with E-state index in [1.807, 2.05) is 44.3 Å². The van der Waals surface area contributed by atoms with Gasteiger partial charge < -0.3 is 15.4 Å². The van der Waals surface area contributed by atoms with Gasteiger partial charge in [-0.2, -0.15) is 0 Å². The fraction of sp³-hybridized carbons (Fsp3) is 0.231. The number of hydrogen-bond donors (Lipinski definition) is 2. The molecule has 0 saturated heterocycles. The second kappa shape index (κ2) is 5.35. The minimum atomic E-state index is 0.715. The largest absolute Gasteiger partial charge is 0.497 e. The molecule has 0 amide bonds. The van der Waals surface area contributed by atoms with Crippen molar-refractivity contribution in [3.8, 4) is 5.75 Å². The fourth-order valence-electron chi connectivity index (χ4n) is 1.61. The molecule has 0 aliphatic heterocycles. The number of nitrogens with one attached hydrogen (secondary N) is 2. The molecular formula is C13H16N4O. The summed E-state index contributed by atoms with van der Waals surface area (Å²) in [5.74, 6) is 3.06. The average Bonchev–Trinajstić information content (AvgIpc) is 2.38. The number of aryl methyl sites for hydroxylation is 1. The van der Waals surface area contributed by atoms with E-state index >= 15 is 0 Å². The third kappa shape index (κ3) is 2.88. The SMILES string of the molecule is CNc1cc(Nc2cccc(OC)c2)nc(C)n1. The first kappa shape index (κ1) is 12.2. The van der Waals surface area contributed by atoms with Gasteiger partial charge in [-0.3, -0.25) is 0 Å². The number of ether oxygens (including phenoxy) is 1. The van der Waals surface area contributed by atoms with Crippen LogP contribution < -0.4 is 15.4 Å². The Morgan fingerprint density at radius 2 is 1.89 bits per heavy atom. The molecule has 0 aliphatic rings. The van der Waals surface area contributed by atoms with Crippen LogP contribution in [-0.4, -0.2) is 24.1 Å². The lowest BCUT2D eigenvalue weighted by molar-refractivity contribution is 0.415. The van der Waals surface area contributed by atoms with Crippen molar-refractivity contribution in [1.82, 2.24) is 9.97 Å². The van der Waals surface area contributed by atoms with E-state index in [1.165, 1.54) is 0 Å². The lowest BCUT2D eigenvalue weighted by atomic mass is 10.3. The molecule has 0 spiro atoms. The van der Waals surface area contributed by atoms with Gasteiger partial charge in [0, 0.05) is 24.9 Å². The molecule has 0 radical (unpaired) electrons. The van der Waals surface area contributed by atoms with Gasteiger partial charge in [0.25, 0.3) is 0 Å². The molecule has 1 aromatic heterocycles. The molecule has 2 rings (SSSR count). The van der Waals surface area contributed by atoms with Crippen LogP contribution >= 0.6 is 0 Å². The number of nitrogens with zero attached hydrogens (tertiary/aromatic N) is 2. The molecule has 1 heterocycles. The van der Waals surface area contributed by atoms with Crippen LogP contribution in [0, 0.1) is 6.92 Å². The molecule has 0 unspecified atom stereocenters. The molecule has 5 heteroatoms. The molecule has 5 nitrogen and oxygen atoms in total. The standard InChI is InChI=1S/C13H16N4O/c1-9-15-12(14-2)8-13(16-9)17-10-5-4-6-11(7-10)18-3/h4-8H,1-3H3,(H2,14,15,16,17). The molecule has 2 N–H and O–H groups in total. The smallest absolute Gasteiger partial charge is 0.136 e. The molecule has 0 fully saturated rings. The quantitative estimate of drug-likeness (QED) is 0.865. The summed E-state index contributed by atoms with van der Waals surface area (Å²) >= 11 is 0. The van der Waals surface area contributed by atoms with Crippen LogP contribution in [0.3, 0.4) is 0 Å². The number of benzene rings is 1. The van der Waals surface area contributed by atoms with Crippen LogP contribution in [0.5, 0.6) is 5.75 Å². The summed E-state index contributed by atoms with van der Waals surface area (Å²) in [6, 6.07) is 9.55. The third-order valence-corrected chi connectivity index (χ3v) is 2.44. The summed E-state index contributed by atoms with van der Waals surface area (Å²) in [5.41, 5.74) is 0.925. The van der Waals surface area contributed by atoms with E-state index in [0.29, 0.717) is 5.82 Å². The van der Waals surface area contributed by atoms with Gasteiger partial charge in [0.2, 0.25) is 0 Å². The van der Waals surface area contributed by atoms with Gasteiger partial charge in [0.15, 0.2) is 0 Å². The van der Waals surface area contributed by atoms with E-state index in [2.05, 4.69) is 20.6 Å². The van der Waals surface area contributed by atoms with Gasteiger partial charge in [0.1, 0.15) is 23.2 Å². The van der Waals surface area contributed by atoms with Crippen molar-refractivity contribution in [3.05, 3.63) is 36.2 Å². The lowest BCUT2D eigenvalue weighted by Crippen LogP contribution is -2.01. The van der Waals surface area contributed by atoms with Gasteiger partial charge >= 0.3 is 0 Å². The summed E-state index contributed by atoms with van der Waals surface area (Å²) in [5, 5.41) is 6.22. The first-order chi connectivity index (χ1) is 8.71. The van der Waals surface area contributed by atoms with E-state index < -0.39 is 0 Å². The van der Waals surface area contributed by atoms with Crippen LogP contribution in [0.1, 0.15) is 5.82 Å². The van der Waals surface area contributed by atoms with Crippen LogP contribution in [0.25, 0.3) is 0 Å². The number of hydrogen-bond acceptors (Lipinski definition) is 5. The van der Waals surface area contributed by atoms with Gasteiger partial charge in [-0.25, -0.2) is 9.97 Å². The second-order valence-corrected chi connectivity index (χ2v) is 3.79. The van der Waals surface area contributed by atoms with Crippen molar-refractivity contribution < 1.29 is 4.74 Å². The van der Waals surface area contributed by atoms with Gasteiger partial charge in [0.05, 0.1) is 7.11 Å². The summed E-state index contributed by atoms with van der Waals surface area (Å²) in [6.45, 7) is 1.86.